The Kier molecular flexibility index (Phi) is 5.01. The molecule has 0 heterocycles. The summed E-state index contributed by atoms with van der Waals surface area (Å²) in [5, 5.41) is 16.8. The summed E-state index contributed by atoms with van der Waals surface area (Å²) in [7, 11) is 0. The van der Waals surface area contributed by atoms with Crippen LogP contribution in [0.2, 0.25) is 0 Å². The van der Waals surface area contributed by atoms with Crippen molar-refractivity contribution in [1.82, 2.24) is 0 Å². The van der Waals surface area contributed by atoms with Gasteiger partial charge < -0.3 is 14.2 Å². The molecule has 1 aromatic carbocycles. The lowest BCUT2D eigenvalue weighted by molar-refractivity contribution is 0.0504. The number of nitrogens with zero attached hydrogens (tertiary/aromatic N) is 2. The molecule has 0 bridgehead atoms. The number of nitriles is 2. The van der Waals surface area contributed by atoms with Gasteiger partial charge in [0.15, 0.2) is 0 Å². The molecule has 0 saturated carbocycles. The van der Waals surface area contributed by atoms with E-state index in [1.807, 2.05) is 6.92 Å². The van der Waals surface area contributed by atoms with E-state index < -0.39 is 5.97 Å². The lowest BCUT2D eigenvalue weighted by Gasteiger charge is -2.06. The summed E-state index contributed by atoms with van der Waals surface area (Å²) in [6.07, 6.45) is 3.64. The van der Waals surface area contributed by atoms with Crippen LogP contribution in [0.3, 0.4) is 0 Å². The fourth-order valence-electron chi connectivity index (χ4n) is 1.19. The van der Waals surface area contributed by atoms with Gasteiger partial charge in [0.05, 0.1) is 12.2 Å². The van der Waals surface area contributed by atoms with E-state index in [0.29, 0.717) is 6.42 Å². The molecule has 1 rings (SSSR count). The van der Waals surface area contributed by atoms with Crippen molar-refractivity contribution in [3.8, 4) is 24.0 Å². The van der Waals surface area contributed by atoms with Crippen molar-refractivity contribution in [2.75, 3.05) is 6.61 Å². The number of rotatable bonds is 5. The van der Waals surface area contributed by atoms with E-state index in [9.17, 15) is 4.79 Å². The number of benzene rings is 1. The number of esters is 1. The first-order valence-corrected chi connectivity index (χ1v) is 5.15. The topological polar surface area (TPSA) is 92.3 Å². The Balaban J connectivity index is 2.99. The summed E-state index contributed by atoms with van der Waals surface area (Å²) >= 11 is 0. The zero-order valence-corrected chi connectivity index (χ0v) is 9.67. The molecule has 0 N–H and O–H groups in total. The minimum Gasteiger partial charge on any atom is -0.462 e. The molecule has 92 valence electrons. The number of carbonyl (C=O) groups excluding carboxylic acids is 1. The van der Waals surface area contributed by atoms with Crippen molar-refractivity contribution in [2.45, 2.75) is 13.3 Å². The fraction of sp³-hybridized carbons (Fsp3) is 0.250. The molecule has 0 spiro atoms. The van der Waals surface area contributed by atoms with Gasteiger partial charge in [-0.3, -0.25) is 0 Å². The molecule has 0 saturated heterocycles. The first kappa shape index (κ1) is 13.3. The molecule has 0 aromatic heterocycles. The lowest BCUT2D eigenvalue weighted by Crippen LogP contribution is -2.06. The Morgan fingerprint density at radius 1 is 1.17 bits per heavy atom. The normalized spacial score (nSPS) is 8.83. The van der Waals surface area contributed by atoms with Gasteiger partial charge in [0, 0.05) is 6.07 Å². The number of hydrogen-bond donors (Lipinski definition) is 0. The van der Waals surface area contributed by atoms with Gasteiger partial charge in [-0.15, -0.1) is 10.5 Å². The zero-order chi connectivity index (χ0) is 13.4. The summed E-state index contributed by atoms with van der Waals surface area (Å²) in [5.74, 6) is -0.356. The van der Waals surface area contributed by atoms with Crippen LogP contribution in [0.5, 0.6) is 11.5 Å². The van der Waals surface area contributed by atoms with Crippen molar-refractivity contribution in [2.24, 2.45) is 0 Å². The molecular formula is C12H10N2O4. The molecule has 0 aliphatic carbocycles. The van der Waals surface area contributed by atoms with Crippen LogP contribution in [-0.4, -0.2) is 12.6 Å². The zero-order valence-electron chi connectivity index (χ0n) is 9.67. The fourth-order valence-corrected chi connectivity index (χ4v) is 1.19. The number of ether oxygens (including phenoxy) is 3. The van der Waals surface area contributed by atoms with Crippen LogP contribution in [0.25, 0.3) is 0 Å². The second-order valence-corrected chi connectivity index (χ2v) is 3.22. The predicted molar refractivity (Wildman–Crippen MR) is 59.5 cm³/mol. The first-order valence-electron chi connectivity index (χ1n) is 5.15. The highest BCUT2D eigenvalue weighted by atomic mass is 16.5. The Morgan fingerprint density at radius 3 is 2.17 bits per heavy atom. The van der Waals surface area contributed by atoms with Crippen LogP contribution in [0, 0.1) is 23.0 Å². The van der Waals surface area contributed by atoms with Gasteiger partial charge in [-0.25, -0.2) is 4.79 Å². The van der Waals surface area contributed by atoms with Gasteiger partial charge in [-0.1, -0.05) is 6.92 Å². The molecule has 0 fully saturated rings. The SMILES string of the molecule is CCCOC(=O)c1cc(OC#N)cc(OC#N)c1. The van der Waals surface area contributed by atoms with Crippen LogP contribution in [-0.2, 0) is 4.74 Å². The van der Waals surface area contributed by atoms with Crippen molar-refractivity contribution in [3.63, 3.8) is 0 Å². The van der Waals surface area contributed by atoms with Crippen molar-refractivity contribution < 1.29 is 19.0 Å². The van der Waals surface area contributed by atoms with Crippen LogP contribution in [0.4, 0.5) is 0 Å². The quantitative estimate of drug-likeness (QED) is 0.582. The minimum absolute atomic E-state index is 0.105. The minimum atomic E-state index is -0.567. The first-order chi connectivity index (χ1) is 8.71. The highest BCUT2D eigenvalue weighted by Crippen LogP contribution is 2.23. The van der Waals surface area contributed by atoms with Crippen LogP contribution < -0.4 is 9.47 Å². The van der Waals surface area contributed by atoms with E-state index in [-0.39, 0.29) is 23.7 Å². The smallest absolute Gasteiger partial charge is 0.338 e. The van der Waals surface area contributed by atoms with Crippen molar-refractivity contribution >= 4 is 5.97 Å². The summed E-state index contributed by atoms with van der Waals surface area (Å²) < 4.78 is 14.1. The summed E-state index contributed by atoms with van der Waals surface area (Å²) in [6, 6.07) is 4.00. The Hall–Kier alpha value is -2.73. The van der Waals surface area contributed by atoms with Crippen LogP contribution in [0.1, 0.15) is 23.7 Å². The van der Waals surface area contributed by atoms with Gasteiger partial charge >= 0.3 is 5.97 Å². The molecule has 0 radical (unpaired) electrons. The van der Waals surface area contributed by atoms with Gasteiger partial charge in [0.2, 0.25) is 0 Å². The highest BCUT2D eigenvalue weighted by molar-refractivity contribution is 5.90. The Labute approximate surface area is 104 Å². The van der Waals surface area contributed by atoms with E-state index in [1.54, 1.807) is 0 Å². The maximum absolute atomic E-state index is 11.6. The molecule has 6 heteroatoms. The lowest BCUT2D eigenvalue weighted by atomic mass is 10.2. The highest BCUT2D eigenvalue weighted by Gasteiger charge is 2.11. The van der Waals surface area contributed by atoms with E-state index in [2.05, 4.69) is 9.47 Å². The van der Waals surface area contributed by atoms with E-state index >= 15 is 0 Å². The van der Waals surface area contributed by atoms with E-state index in [4.69, 9.17) is 15.3 Å². The van der Waals surface area contributed by atoms with Gasteiger partial charge in [0.25, 0.3) is 12.5 Å². The molecule has 0 unspecified atom stereocenters. The molecule has 0 atom stereocenters. The monoisotopic (exact) mass is 246 g/mol. The maximum atomic E-state index is 11.6. The van der Waals surface area contributed by atoms with Gasteiger partial charge in [-0.05, 0) is 18.6 Å². The third-order valence-electron chi connectivity index (χ3n) is 1.88. The Morgan fingerprint density at radius 2 is 1.72 bits per heavy atom. The standard InChI is InChI=1S/C12H10N2O4/c1-2-3-16-12(15)9-4-10(17-7-13)6-11(5-9)18-8-14/h4-6H,2-3H2,1H3. The van der Waals surface area contributed by atoms with Gasteiger partial charge in [0.1, 0.15) is 11.5 Å². The molecule has 1 aromatic rings. The second-order valence-electron chi connectivity index (χ2n) is 3.22. The second kappa shape index (κ2) is 6.77. The average Bonchev–Trinajstić information content (AvgIpc) is 2.36. The van der Waals surface area contributed by atoms with Gasteiger partial charge in [-0.2, -0.15) is 0 Å². The maximum Gasteiger partial charge on any atom is 0.338 e. The van der Waals surface area contributed by atoms with Crippen LogP contribution >= 0.6 is 0 Å². The number of hydrogen-bond acceptors (Lipinski definition) is 6. The van der Waals surface area contributed by atoms with E-state index in [0.717, 1.165) is 0 Å². The van der Waals surface area contributed by atoms with E-state index in [1.165, 1.54) is 30.7 Å². The molecule has 18 heavy (non-hydrogen) atoms. The average molecular weight is 246 g/mol. The number of carbonyl (C=O) groups is 1. The van der Waals surface area contributed by atoms with Crippen LogP contribution in [0.15, 0.2) is 18.2 Å². The largest absolute Gasteiger partial charge is 0.462 e. The molecular weight excluding hydrogens is 236 g/mol. The summed E-state index contributed by atoms with van der Waals surface area (Å²) in [4.78, 5) is 11.6. The Bertz CT molecular complexity index is 480. The molecule has 0 amide bonds. The summed E-state index contributed by atoms with van der Waals surface area (Å²) in [6.45, 7) is 2.16. The van der Waals surface area contributed by atoms with Crippen molar-refractivity contribution in [3.05, 3.63) is 23.8 Å². The predicted octanol–water partition coefficient (Wildman–Crippen LogP) is 1.97. The molecule has 0 aliphatic heterocycles. The molecule has 6 nitrogen and oxygen atoms in total. The van der Waals surface area contributed by atoms with Crippen molar-refractivity contribution in [1.29, 1.82) is 10.5 Å². The third kappa shape index (κ3) is 3.69. The third-order valence-corrected chi connectivity index (χ3v) is 1.88. The molecule has 0 aliphatic rings. The summed E-state index contributed by atoms with van der Waals surface area (Å²) in [5.41, 5.74) is 0.154.